The zero-order valence-corrected chi connectivity index (χ0v) is 10.7. The number of amides is 2. The SMILES string of the molecule is COCCNC(=O)NC(c1ccccc1)C1CC1. The molecule has 1 aromatic carbocycles. The zero-order valence-electron chi connectivity index (χ0n) is 10.7. The van der Waals surface area contributed by atoms with Gasteiger partial charge in [-0.1, -0.05) is 30.3 Å². The highest BCUT2D eigenvalue weighted by Gasteiger charge is 2.33. The first-order chi connectivity index (χ1) is 8.81. The smallest absolute Gasteiger partial charge is 0.315 e. The Hall–Kier alpha value is -1.55. The normalized spacial score (nSPS) is 16.1. The first-order valence-corrected chi connectivity index (χ1v) is 6.39. The van der Waals surface area contributed by atoms with Gasteiger partial charge in [0.15, 0.2) is 0 Å². The quantitative estimate of drug-likeness (QED) is 0.757. The molecule has 0 saturated heterocycles. The van der Waals surface area contributed by atoms with E-state index in [1.54, 1.807) is 7.11 Å². The van der Waals surface area contributed by atoms with Crippen molar-refractivity contribution >= 4 is 6.03 Å². The van der Waals surface area contributed by atoms with Gasteiger partial charge in [0.1, 0.15) is 0 Å². The lowest BCUT2D eigenvalue weighted by Crippen LogP contribution is -2.40. The van der Waals surface area contributed by atoms with Crippen LogP contribution in [-0.4, -0.2) is 26.3 Å². The molecule has 1 aromatic rings. The fourth-order valence-corrected chi connectivity index (χ4v) is 2.02. The van der Waals surface area contributed by atoms with E-state index in [0.717, 1.165) is 0 Å². The van der Waals surface area contributed by atoms with Crippen LogP contribution in [0.1, 0.15) is 24.4 Å². The summed E-state index contributed by atoms with van der Waals surface area (Å²) in [6.45, 7) is 1.07. The second-order valence-electron chi connectivity index (χ2n) is 4.62. The summed E-state index contributed by atoms with van der Waals surface area (Å²) in [7, 11) is 1.62. The average molecular weight is 248 g/mol. The predicted molar refractivity (Wildman–Crippen MR) is 70.3 cm³/mol. The van der Waals surface area contributed by atoms with E-state index in [1.165, 1.54) is 18.4 Å². The molecule has 98 valence electrons. The van der Waals surface area contributed by atoms with E-state index in [0.29, 0.717) is 19.1 Å². The molecule has 1 saturated carbocycles. The number of methoxy groups -OCH3 is 1. The number of rotatable bonds is 6. The van der Waals surface area contributed by atoms with Crippen LogP contribution in [0.5, 0.6) is 0 Å². The van der Waals surface area contributed by atoms with Crippen molar-refractivity contribution in [3.05, 3.63) is 35.9 Å². The predicted octanol–water partition coefficient (Wildman–Crippen LogP) is 2.08. The van der Waals surface area contributed by atoms with E-state index in [-0.39, 0.29) is 12.1 Å². The van der Waals surface area contributed by atoms with Crippen LogP contribution < -0.4 is 10.6 Å². The van der Waals surface area contributed by atoms with Crippen LogP contribution in [0.2, 0.25) is 0 Å². The van der Waals surface area contributed by atoms with Crippen molar-refractivity contribution in [1.29, 1.82) is 0 Å². The summed E-state index contributed by atoms with van der Waals surface area (Å²) in [6.07, 6.45) is 2.38. The lowest BCUT2D eigenvalue weighted by atomic mass is 10.0. The van der Waals surface area contributed by atoms with Gasteiger partial charge in [-0.3, -0.25) is 0 Å². The lowest BCUT2D eigenvalue weighted by molar-refractivity contribution is 0.194. The monoisotopic (exact) mass is 248 g/mol. The van der Waals surface area contributed by atoms with Gasteiger partial charge in [0.05, 0.1) is 12.6 Å². The van der Waals surface area contributed by atoms with E-state index in [4.69, 9.17) is 4.74 Å². The molecule has 1 aliphatic carbocycles. The second-order valence-corrected chi connectivity index (χ2v) is 4.62. The maximum absolute atomic E-state index is 11.8. The Morgan fingerprint density at radius 3 is 2.72 bits per heavy atom. The van der Waals surface area contributed by atoms with Crippen LogP contribution in [0.4, 0.5) is 4.79 Å². The summed E-state index contributed by atoms with van der Waals surface area (Å²) in [4.78, 5) is 11.8. The summed E-state index contributed by atoms with van der Waals surface area (Å²) >= 11 is 0. The number of ether oxygens (including phenoxy) is 1. The molecule has 1 fully saturated rings. The average Bonchev–Trinajstić information content (AvgIpc) is 3.22. The van der Waals surface area contributed by atoms with Crippen molar-refractivity contribution in [2.24, 2.45) is 5.92 Å². The molecule has 1 unspecified atom stereocenters. The number of hydrogen-bond donors (Lipinski definition) is 2. The molecule has 0 heterocycles. The van der Waals surface area contributed by atoms with Gasteiger partial charge < -0.3 is 15.4 Å². The van der Waals surface area contributed by atoms with Gasteiger partial charge in [0.25, 0.3) is 0 Å². The Bertz CT molecular complexity index is 377. The third-order valence-electron chi connectivity index (χ3n) is 3.13. The first-order valence-electron chi connectivity index (χ1n) is 6.39. The van der Waals surface area contributed by atoms with Gasteiger partial charge in [-0.2, -0.15) is 0 Å². The molecule has 0 bridgehead atoms. The first kappa shape index (κ1) is 12.9. The molecule has 0 aromatic heterocycles. The molecule has 4 nitrogen and oxygen atoms in total. The molecule has 2 N–H and O–H groups in total. The Morgan fingerprint density at radius 2 is 2.11 bits per heavy atom. The lowest BCUT2D eigenvalue weighted by Gasteiger charge is -2.19. The van der Waals surface area contributed by atoms with E-state index in [9.17, 15) is 4.79 Å². The Labute approximate surface area is 108 Å². The number of hydrogen-bond acceptors (Lipinski definition) is 2. The van der Waals surface area contributed by atoms with Crippen LogP contribution in [0, 0.1) is 5.92 Å². The minimum absolute atomic E-state index is 0.118. The molecular weight excluding hydrogens is 228 g/mol. The number of benzene rings is 1. The maximum atomic E-state index is 11.8. The summed E-state index contributed by atoms with van der Waals surface area (Å²) in [5.41, 5.74) is 1.18. The van der Waals surface area contributed by atoms with E-state index < -0.39 is 0 Å². The van der Waals surface area contributed by atoms with Crippen molar-refractivity contribution in [3.63, 3.8) is 0 Å². The van der Waals surface area contributed by atoms with Crippen molar-refractivity contribution in [2.75, 3.05) is 20.3 Å². The van der Waals surface area contributed by atoms with Crippen molar-refractivity contribution in [2.45, 2.75) is 18.9 Å². The topological polar surface area (TPSA) is 50.4 Å². The number of carbonyl (C=O) groups is 1. The molecule has 0 spiro atoms. The van der Waals surface area contributed by atoms with Gasteiger partial charge in [0, 0.05) is 13.7 Å². The molecule has 1 atom stereocenters. The van der Waals surface area contributed by atoms with E-state index >= 15 is 0 Å². The fourth-order valence-electron chi connectivity index (χ4n) is 2.02. The summed E-state index contributed by atoms with van der Waals surface area (Å²) in [5, 5.41) is 5.84. The van der Waals surface area contributed by atoms with Crippen molar-refractivity contribution < 1.29 is 9.53 Å². The third-order valence-corrected chi connectivity index (χ3v) is 3.13. The molecule has 4 heteroatoms. The molecule has 18 heavy (non-hydrogen) atoms. The maximum Gasteiger partial charge on any atom is 0.315 e. The van der Waals surface area contributed by atoms with E-state index in [2.05, 4.69) is 22.8 Å². The number of nitrogens with one attached hydrogen (secondary N) is 2. The molecule has 2 rings (SSSR count). The molecule has 1 aliphatic rings. The van der Waals surface area contributed by atoms with Crippen molar-refractivity contribution in [1.82, 2.24) is 10.6 Å². The van der Waals surface area contributed by atoms with Gasteiger partial charge >= 0.3 is 6.03 Å². The summed E-state index contributed by atoms with van der Waals surface area (Å²) < 4.78 is 4.90. The molecule has 2 amide bonds. The molecule has 0 radical (unpaired) electrons. The van der Waals surface area contributed by atoms with Crippen LogP contribution >= 0.6 is 0 Å². The number of urea groups is 1. The van der Waals surface area contributed by atoms with Gasteiger partial charge in [-0.15, -0.1) is 0 Å². The summed E-state index contributed by atoms with van der Waals surface area (Å²) in [6, 6.07) is 10.2. The highest BCUT2D eigenvalue weighted by molar-refractivity contribution is 5.74. The van der Waals surface area contributed by atoms with Crippen LogP contribution in [-0.2, 0) is 4.74 Å². The van der Waals surface area contributed by atoms with Gasteiger partial charge in [0.2, 0.25) is 0 Å². The van der Waals surface area contributed by atoms with Gasteiger partial charge in [-0.25, -0.2) is 4.79 Å². The zero-order chi connectivity index (χ0) is 12.8. The molecule has 0 aliphatic heterocycles. The third kappa shape index (κ3) is 3.74. The van der Waals surface area contributed by atoms with Crippen LogP contribution in [0.3, 0.4) is 0 Å². The molecular formula is C14H20N2O2. The van der Waals surface area contributed by atoms with Crippen LogP contribution in [0.15, 0.2) is 30.3 Å². The Balaban J connectivity index is 1.89. The van der Waals surface area contributed by atoms with Crippen molar-refractivity contribution in [3.8, 4) is 0 Å². The Morgan fingerprint density at radius 1 is 1.39 bits per heavy atom. The van der Waals surface area contributed by atoms with E-state index in [1.807, 2.05) is 18.2 Å². The fraction of sp³-hybridized carbons (Fsp3) is 0.500. The second kappa shape index (κ2) is 6.40. The Kier molecular flexibility index (Phi) is 4.59. The highest BCUT2D eigenvalue weighted by Crippen LogP contribution is 2.40. The van der Waals surface area contributed by atoms with Gasteiger partial charge in [-0.05, 0) is 24.3 Å². The minimum atomic E-state index is -0.118. The highest BCUT2D eigenvalue weighted by atomic mass is 16.5. The summed E-state index contributed by atoms with van der Waals surface area (Å²) in [5.74, 6) is 0.584. The minimum Gasteiger partial charge on any atom is -0.383 e. The largest absolute Gasteiger partial charge is 0.383 e. The van der Waals surface area contributed by atoms with Crippen LogP contribution in [0.25, 0.3) is 0 Å². The number of carbonyl (C=O) groups excluding carboxylic acids is 1. The standard InChI is InChI=1S/C14H20N2O2/c1-18-10-9-15-14(17)16-13(12-7-8-12)11-5-3-2-4-6-11/h2-6,12-13H,7-10H2,1H3,(H2,15,16,17).